The predicted molar refractivity (Wildman–Crippen MR) is 105 cm³/mol. The molecular formula is C20H27ClN4O2. The molecule has 146 valence electrons. The topological polar surface area (TPSA) is 69.0 Å². The van der Waals surface area contributed by atoms with Gasteiger partial charge in [0.25, 0.3) is 5.91 Å². The van der Waals surface area contributed by atoms with Crippen LogP contribution in [0.15, 0.2) is 24.3 Å². The quantitative estimate of drug-likeness (QED) is 0.861. The maximum Gasteiger partial charge on any atom is 0.291 e. The number of ether oxygens (including phenoxy) is 1. The number of nitrogens with one attached hydrogen (secondary N) is 1. The maximum atomic E-state index is 12.7. The molecule has 7 heteroatoms. The van der Waals surface area contributed by atoms with Crippen LogP contribution < -0.4 is 5.32 Å². The van der Waals surface area contributed by atoms with E-state index in [-0.39, 0.29) is 29.3 Å². The standard InChI is InChI=1S/C20H27ClN4O2/c1-5-17-23-18(24-25(17)15-9-7-6-8-14(15)21)19(26)22-13-10-11-27-16(12-13)20(2,3)4/h6-9,13,16H,5,10-12H2,1-4H3,(H,22,26)/t13-,16-/m1/s1. The number of rotatable bonds is 4. The summed E-state index contributed by atoms with van der Waals surface area (Å²) in [7, 11) is 0. The third kappa shape index (κ3) is 4.50. The molecule has 0 spiro atoms. The molecule has 0 unspecified atom stereocenters. The SMILES string of the molecule is CCc1nc(C(=O)N[C@@H]2CCO[C@@H](C(C)(C)C)C2)nn1-c1ccccc1Cl. The lowest BCUT2D eigenvalue weighted by Crippen LogP contribution is -2.46. The highest BCUT2D eigenvalue weighted by atomic mass is 35.5. The van der Waals surface area contributed by atoms with Gasteiger partial charge in [-0.25, -0.2) is 9.67 Å². The first-order valence-corrected chi connectivity index (χ1v) is 9.80. The smallest absolute Gasteiger partial charge is 0.291 e. The lowest BCUT2D eigenvalue weighted by atomic mass is 9.83. The molecule has 1 aliphatic rings. The fourth-order valence-electron chi connectivity index (χ4n) is 3.27. The van der Waals surface area contributed by atoms with Crippen LogP contribution in [0.2, 0.25) is 5.02 Å². The normalized spacial score (nSPS) is 20.5. The molecule has 3 rings (SSSR count). The highest BCUT2D eigenvalue weighted by Gasteiger charge is 2.33. The van der Waals surface area contributed by atoms with E-state index in [4.69, 9.17) is 16.3 Å². The predicted octanol–water partition coefficient (Wildman–Crippen LogP) is 3.81. The molecule has 0 saturated carbocycles. The Labute approximate surface area is 165 Å². The maximum absolute atomic E-state index is 12.7. The van der Waals surface area contributed by atoms with E-state index in [1.807, 2.05) is 25.1 Å². The van der Waals surface area contributed by atoms with Crippen LogP contribution in [0.3, 0.4) is 0 Å². The number of carbonyl (C=O) groups is 1. The number of para-hydroxylation sites is 1. The summed E-state index contributed by atoms with van der Waals surface area (Å²) in [6.07, 6.45) is 2.36. The van der Waals surface area contributed by atoms with Crippen LogP contribution in [-0.2, 0) is 11.2 Å². The van der Waals surface area contributed by atoms with E-state index in [0.717, 1.165) is 18.5 Å². The van der Waals surface area contributed by atoms with Crippen molar-refractivity contribution in [1.29, 1.82) is 0 Å². The number of halogens is 1. The molecule has 2 heterocycles. The number of aryl methyl sites for hydroxylation is 1. The summed E-state index contributed by atoms with van der Waals surface area (Å²) in [5, 5.41) is 8.07. The van der Waals surface area contributed by atoms with Crippen molar-refractivity contribution in [2.45, 2.75) is 59.1 Å². The van der Waals surface area contributed by atoms with Crippen molar-refractivity contribution >= 4 is 17.5 Å². The second-order valence-corrected chi connectivity index (χ2v) is 8.40. The second kappa shape index (κ2) is 7.98. The molecule has 6 nitrogen and oxygen atoms in total. The zero-order chi connectivity index (χ0) is 19.6. The minimum atomic E-state index is -0.255. The van der Waals surface area contributed by atoms with Crippen molar-refractivity contribution in [1.82, 2.24) is 20.1 Å². The minimum Gasteiger partial charge on any atom is -0.378 e. The van der Waals surface area contributed by atoms with E-state index < -0.39 is 0 Å². The lowest BCUT2D eigenvalue weighted by molar-refractivity contribution is -0.0570. The van der Waals surface area contributed by atoms with Crippen LogP contribution in [0, 0.1) is 5.41 Å². The number of hydrogen-bond donors (Lipinski definition) is 1. The minimum absolute atomic E-state index is 0.0443. The Hall–Kier alpha value is -1.92. The monoisotopic (exact) mass is 390 g/mol. The molecular weight excluding hydrogens is 364 g/mol. The molecule has 1 aromatic carbocycles. The number of benzene rings is 1. The molecule has 1 aliphatic heterocycles. The molecule has 1 N–H and O–H groups in total. The summed E-state index contributed by atoms with van der Waals surface area (Å²) < 4.78 is 7.52. The van der Waals surface area contributed by atoms with Crippen molar-refractivity contribution in [2.75, 3.05) is 6.61 Å². The van der Waals surface area contributed by atoms with Crippen LogP contribution in [-0.4, -0.2) is 39.4 Å². The third-order valence-corrected chi connectivity index (χ3v) is 5.18. The van der Waals surface area contributed by atoms with Gasteiger partial charge in [0, 0.05) is 19.1 Å². The first-order chi connectivity index (χ1) is 12.8. The zero-order valence-electron chi connectivity index (χ0n) is 16.3. The van der Waals surface area contributed by atoms with Gasteiger partial charge in [-0.05, 0) is 30.4 Å². The number of nitrogens with zero attached hydrogens (tertiary/aromatic N) is 3. The number of hydrogen-bond acceptors (Lipinski definition) is 4. The lowest BCUT2D eigenvalue weighted by Gasteiger charge is -2.37. The molecule has 0 bridgehead atoms. The number of aromatic nitrogens is 3. The van der Waals surface area contributed by atoms with Crippen molar-refractivity contribution in [2.24, 2.45) is 5.41 Å². The van der Waals surface area contributed by atoms with Crippen LogP contribution in [0.25, 0.3) is 5.69 Å². The first-order valence-electron chi connectivity index (χ1n) is 9.43. The van der Waals surface area contributed by atoms with E-state index in [9.17, 15) is 4.79 Å². The molecule has 1 amide bonds. The summed E-state index contributed by atoms with van der Waals surface area (Å²) in [6.45, 7) is 9.09. The second-order valence-electron chi connectivity index (χ2n) is 7.99. The van der Waals surface area contributed by atoms with E-state index in [2.05, 4.69) is 36.2 Å². The summed E-state index contributed by atoms with van der Waals surface area (Å²) in [6, 6.07) is 7.47. The highest BCUT2D eigenvalue weighted by molar-refractivity contribution is 6.32. The molecule has 0 radical (unpaired) electrons. The van der Waals surface area contributed by atoms with E-state index in [1.54, 1.807) is 10.7 Å². The molecule has 27 heavy (non-hydrogen) atoms. The summed E-state index contributed by atoms with van der Waals surface area (Å²) in [5.41, 5.74) is 0.768. The Morgan fingerprint density at radius 1 is 1.37 bits per heavy atom. The van der Waals surface area contributed by atoms with Crippen molar-refractivity contribution in [3.8, 4) is 5.69 Å². The van der Waals surface area contributed by atoms with Crippen molar-refractivity contribution in [3.05, 3.63) is 40.9 Å². The van der Waals surface area contributed by atoms with Crippen molar-refractivity contribution < 1.29 is 9.53 Å². The number of amides is 1. The Bertz CT molecular complexity index is 813. The van der Waals surface area contributed by atoms with Gasteiger partial charge in [-0.1, -0.05) is 51.4 Å². The van der Waals surface area contributed by atoms with Gasteiger partial charge < -0.3 is 10.1 Å². The van der Waals surface area contributed by atoms with Gasteiger partial charge in [-0.3, -0.25) is 4.79 Å². The fraction of sp³-hybridized carbons (Fsp3) is 0.550. The van der Waals surface area contributed by atoms with E-state index in [1.165, 1.54) is 0 Å². The highest BCUT2D eigenvalue weighted by Crippen LogP contribution is 2.29. The van der Waals surface area contributed by atoms with Gasteiger partial charge in [0.2, 0.25) is 5.82 Å². The summed E-state index contributed by atoms with van der Waals surface area (Å²) >= 11 is 6.29. The Balaban J connectivity index is 1.77. The van der Waals surface area contributed by atoms with Crippen LogP contribution in [0.5, 0.6) is 0 Å². The Morgan fingerprint density at radius 2 is 2.11 bits per heavy atom. The van der Waals surface area contributed by atoms with E-state index in [0.29, 0.717) is 23.9 Å². The average Bonchev–Trinajstić information content (AvgIpc) is 3.06. The van der Waals surface area contributed by atoms with Crippen LogP contribution in [0.4, 0.5) is 0 Å². The molecule has 1 aromatic heterocycles. The van der Waals surface area contributed by atoms with Gasteiger partial charge in [0.05, 0.1) is 16.8 Å². The van der Waals surface area contributed by atoms with Crippen LogP contribution >= 0.6 is 11.6 Å². The van der Waals surface area contributed by atoms with Crippen molar-refractivity contribution in [3.63, 3.8) is 0 Å². The Kier molecular flexibility index (Phi) is 5.86. The largest absolute Gasteiger partial charge is 0.378 e. The molecule has 2 aromatic rings. The zero-order valence-corrected chi connectivity index (χ0v) is 17.1. The van der Waals surface area contributed by atoms with Gasteiger partial charge >= 0.3 is 0 Å². The van der Waals surface area contributed by atoms with Gasteiger partial charge in [-0.15, -0.1) is 5.10 Å². The van der Waals surface area contributed by atoms with Gasteiger partial charge in [0.15, 0.2) is 0 Å². The van der Waals surface area contributed by atoms with Gasteiger partial charge in [0.1, 0.15) is 5.82 Å². The average molecular weight is 391 g/mol. The summed E-state index contributed by atoms with van der Waals surface area (Å²) in [5.74, 6) is 0.619. The van der Waals surface area contributed by atoms with E-state index >= 15 is 0 Å². The Morgan fingerprint density at radius 3 is 2.78 bits per heavy atom. The molecule has 2 atom stereocenters. The third-order valence-electron chi connectivity index (χ3n) is 4.86. The van der Waals surface area contributed by atoms with Crippen LogP contribution in [0.1, 0.15) is 57.0 Å². The molecule has 1 saturated heterocycles. The fourth-order valence-corrected chi connectivity index (χ4v) is 3.48. The van der Waals surface area contributed by atoms with Gasteiger partial charge in [-0.2, -0.15) is 0 Å². The molecule has 0 aliphatic carbocycles. The molecule has 1 fully saturated rings. The first kappa shape index (κ1) is 19.8. The summed E-state index contributed by atoms with van der Waals surface area (Å²) in [4.78, 5) is 17.2. The number of carbonyl (C=O) groups excluding carboxylic acids is 1.